The van der Waals surface area contributed by atoms with Crippen LogP contribution in [0.25, 0.3) is 0 Å². The monoisotopic (exact) mass is 218 g/mol. The number of thiocarbonyl (C=S) groups is 2. The molecule has 0 aromatic carbocycles. The van der Waals surface area contributed by atoms with Gasteiger partial charge in [0, 0.05) is 13.6 Å². The zero-order valence-corrected chi connectivity index (χ0v) is 9.31. The van der Waals surface area contributed by atoms with E-state index in [1.165, 1.54) is 0 Å². The number of hydrogen-bond acceptors (Lipinski definition) is 2. The Bertz CT molecular complexity index is 203. The molecular formula is C7H14N4S2. The molecule has 0 bridgehead atoms. The summed E-state index contributed by atoms with van der Waals surface area (Å²) in [4.78, 5) is 0. The number of hydrogen-bond donors (Lipinski definition) is 4. The van der Waals surface area contributed by atoms with E-state index < -0.39 is 0 Å². The van der Waals surface area contributed by atoms with E-state index in [9.17, 15) is 0 Å². The van der Waals surface area contributed by atoms with Crippen molar-refractivity contribution in [2.24, 2.45) is 0 Å². The normalized spacial score (nSPS) is 9.38. The molecule has 0 aliphatic heterocycles. The zero-order chi connectivity index (χ0) is 10.1. The van der Waals surface area contributed by atoms with Crippen molar-refractivity contribution in [2.45, 2.75) is 6.92 Å². The molecule has 0 saturated carbocycles. The summed E-state index contributed by atoms with van der Waals surface area (Å²) >= 11 is 9.75. The first-order chi connectivity index (χ1) is 6.20. The molecule has 0 unspecified atom stereocenters. The van der Waals surface area contributed by atoms with Gasteiger partial charge in [0.1, 0.15) is 0 Å². The Morgan fingerprint density at radius 3 is 2.38 bits per heavy atom. The lowest BCUT2D eigenvalue weighted by Crippen LogP contribution is -2.49. The molecule has 6 heteroatoms. The Hall–Kier alpha value is -0.880. The second kappa shape index (κ2) is 7.75. The maximum absolute atomic E-state index is 4.93. The van der Waals surface area contributed by atoms with E-state index in [1.54, 1.807) is 7.05 Å². The summed E-state index contributed by atoms with van der Waals surface area (Å²) in [5, 5.41) is 6.70. The summed E-state index contributed by atoms with van der Waals surface area (Å²) in [5.74, 6) is 0. The van der Waals surface area contributed by atoms with Gasteiger partial charge in [0.15, 0.2) is 10.2 Å². The smallest absolute Gasteiger partial charge is 0.185 e. The van der Waals surface area contributed by atoms with Gasteiger partial charge in [-0.2, -0.15) is 0 Å². The summed E-state index contributed by atoms with van der Waals surface area (Å²) in [5.41, 5.74) is 5.43. The molecule has 74 valence electrons. The van der Waals surface area contributed by atoms with Crippen LogP contribution in [-0.2, 0) is 0 Å². The van der Waals surface area contributed by atoms with Gasteiger partial charge in [-0.1, -0.05) is 12.2 Å². The van der Waals surface area contributed by atoms with Crippen LogP contribution in [0.5, 0.6) is 0 Å². The summed E-state index contributed by atoms with van der Waals surface area (Å²) in [7, 11) is 1.73. The highest BCUT2D eigenvalue weighted by molar-refractivity contribution is 7.80. The number of allylic oxidation sites excluding steroid dienone is 1. The molecule has 0 aliphatic rings. The average Bonchev–Trinajstić information content (AvgIpc) is 2.14. The first kappa shape index (κ1) is 12.1. The highest BCUT2D eigenvalue weighted by Gasteiger charge is 1.92. The van der Waals surface area contributed by atoms with E-state index in [4.69, 9.17) is 24.4 Å². The fourth-order valence-corrected chi connectivity index (χ4v) is 0.675. The molecule has 0 saturated heterocycles. The summed E-state index contributed by atoms with van der Waals surface area (Å²) in [6.45, 7) is 2.66. The Kier molecular flexibility index (Phi) is 7.23. The molecule has 4 N–H and O–H groups in total. The van der Waals surface area contributed by atoms with Gasteiger partial charge in [0.25, 0.3) is 0 Å². The second-order valence-corrected chi connectivity index (χ2v) is 2.92. The van der Waals surface area contributed by atoms with Gasteiger partial charge in [0.05, 0.1) is 0 Å². The van der Waals surface area contributed by atoms with Gasteiger partial charge < -0.3 is 10.6 Å². The van der Waals surface area contributed by atoms with Gasteiger partial charge in [-0.3, -0.25) is 10.9 Å². The van der Waals surface area contributed by atoms with E-state index in [-0.39, 0.29) is 0 Å². The molecular weight excluding hydrogens is 204 g/mol. The van der Waals surface area contributed by atoms with Gasteiger partial charge in [0.2, 0.25) is 0 Å². The quantitative estimate of drug-likeness (QED) is 0.298. The van der Waals surface area contributed by atoms with Crippen molar-refractivity contribution < 1.29 is 0 Å². The van der Waals surface area contributed by atoms with Crippen LogP contribution in [0.2, 0.25) is 0 Å². The molecule has 0 aromatic heterocycles. The average molecular weight is 218 g/mol. The number of rotatable bonds is 2. The molecule has 0 radical (unpaired) electrons. The molecule has 0 rings (SSSR count). The third kappa shape index (κ3) is 7.48. The van der Waals surface area contributed by atoms with Crippen molar-refractivity contribution in [3.05, 3.63) is 12.2 Å². The molecule has 0 fully saturated rings. The second-order valence-electron chi connectivity index (χ2n) is 2.11. The molecule has 0 spiro atoms. The molecule has 0 aromatic rings. The molecule has 0 heterocycles. The fourth-order valence-electron chi connectivity index (χ4n) is 0.490. The van der Waals surface area contributed by atoms with Crippen LogP contribution in [0.3, 0.4) is 0 Å². The maximum atomic E-state index is 4.93. The van der Waals surface area contributed by atoms with E-state index >= 15 is 0 Å². The Morgan fingerprint density at radius 2 is 1.85 bits per heavy atom. The highest BCUT2D eigenvalue weighted by Crippen LogP contribution is 1.68. The summed E-state index contributed by atoms with van der Waals surface area (Å²) in [6, 6.07) is 0. The van der Waals surface area contributed by atoms with Crippen LogP contribution in [0, 0.1) is 0 Å². The minimum absolute atomic E-state index is 0.496. The maximum Gasteiger partial charge on any atom is 0.185 e. The van der Waals surface area contributed by atoms with Crippen molar-refractivity contribution >= 4 is 34.7 Å². The third-order valence-electron chi connectivity index (χ3n) is 1.13. The molecule has 13 heavy (non-hydrogen) atoms. The van der Waals surface area contributed by atoms with Crippen molar-refractivity contribution in [3.8, 4) is 0 Å². The standard InChI is InChI=1S/C7H14N4S2/c1-3-4-5-9-7(13)11-10-6(12)8-2/h3-4H,5H2,1-2H3,(H2,8,10,12)(H2,9,11,13). The van der Waals surface area contributed by atoms with Crippen molar-refractivity contribution in [3.63, 3.8) is 0 Å². The number of hydrazine groups is 1. The van der Waals surface area contributed by atoms with E-state index in [0.717, 1.165) is 0 Å². The lowest BCUT2D eigenvalue weighted by Gasteiger charge is -2.11. The van der Waals surface area contributed by atoms with Crippen LogP contribution in [0.1, 0.15) is 6.92 Å². The van der Waals surface area contributed by atoms with Crippen molar-refractivity contribution in [1.82, 2.24) is 21.5 Å². The van der Waals surface area contributed by atoms with E-state index in [1.807, 2.05) is 19.1 Å². The fraction of sp³-hybridized carbons (Fsp3) is 0.429. The van der Waals surface area contributed by atoms with Gasteiger partial charge in [-0.15, -0.1) is 0 Å². The Labute approximate surface area is 89.1 Å². The van der Waals surface area contributed by atoms with Gasteiger partial charge in [-0.05, 0) is 31.4 Å². The first-order valence-electron chi connectivity index (χ1n) is 3.83. The minimum atomic E-state index is 0.496. The van der Waals surface area contributed by atoms with Crippen LogP contribution >= 0.6 is 24.4 Å². The van der Waals surface area contributed by atoms with Crippen LogP contribution in [0.15, 0.2) is 12.2 Å². The van der Waals surface area contributed by atoms with Crippen molar-refractivity contribution in [2.75, 3.05) is 13.6 Å². The predicted molar refractivity (Wildman–Crippen MR) is 63.3 cm³/mol. The van der Waals surface area contributed by atoms with E-state index in [2.05, 4.69) is 21.5 Å². The van der Waals surface area contributed by atoms with Crippen LogP contribution in [0.4, 0.5) is 0 Å². The third-order valence-corrected chi connectivity index (χ3v) is 1.69. The van der Waals surface area contributed by atoms with Crippen LogP contribution < -0.4 is 21.5 Å². The van der Waals surface area contributed by atoms with Crippen molar-refractivity contribution in [1.29, 1.82) is 0 Å². The number of nitrogens with one attached hydrogen (secondary N) is 4. The molecule has 4 nitrogen and oxygen atoms in total. The zero-order valence-electron chi connectivity index (χ0n) is 7.68. The topological polar surface area (TPSA) is 48.1 Å². The SMILES string of the molecule is CC=CCNC(=S)NNC(=S)NC. The van der Waals surface area contributed by atoms with Crippen LogP contribution in [-0.4, -0.2) is 23.8 Å². The van der Waals surface area contributed by atoms with E-state index in [0.29, 0.717) is 16.8 Å². The first-order valence-corrected chi connectivity index (χ1v) is 4.65. The molecule has 0 aliphatic carbocycles. The molecule has 0 amide bonds. The molecule has 0 atom stereocenters. The lowest BCUT2D eigenvalue weighted by atomic mass is 10.5. The Morgan fingerprint density at radius 1 is 1.23 bits per heavy atom. The van der Waals surface area contributed by atoms with Gasteiger partial charge >= 0.3 is 0 Å². The lowest BCUT2D eigenvalue weighted by molar-refractivity contribution is 0.817. The highest BCUT2D eigenvalue weighted by atomic mass is 32.1. The predicted octanol–water partition coefficient (Wildman–Crippen LogP) is 0.0355. The minimum Gasteiger partial charge on any atom is -0.364 e. The Balaban J connectivity index is 3.46. The summed E-state index contributed by atoms with van der Waals surface area (Å²) in [6.07, 6.45) is 3.91. The largest absolute Gasteiger partial charge is 0.364 e. The van der Waals surface area contributed by atoms with Gasteiger partial charge in [-0.25, -0.2) is 0 Å². The summed E-state index contributed by atoms with van der Waals surface area (Å²) < 4.78 is 0.